The molecule has 0 radical (unpaired) electrons. The van der Waals surface area contributed by atoms with Crippen molar-refractivity contribution in [1.82, 2.24) is 25.1 Å². The Morgan fingerprint density at radius 3 is 2.59 bits per heavy atom. The van der Waals surface area contributed by atoms with E-state index in [0.29, 0.717) is 18.9 Å². The van der Waals surface area contributed by atoms with Gasteiger partial charge in [0.25, 0.3) is 0 Å². The second kappa shape index (κ2) is 7.57. The molecule has 1 amide bonds. The Bertz CT molecular complexity index is 1060. The molecule has 0 bridgehead atoms. The van der Waals surface area contributed by atoms with E-state index in [2.05, 4.69) is 20.4 Å². The van der Waals surface area contributed by atoms with Crippen molar-refractivity contribution in [3.05, 3.63) is 65.2 Å². The van der Waals surface area contributed by atoms with E-state index in [4.69, 9.17) is 0 Å². The molecule has 7 nitrogen and oxygen atoms in total. The predicted molar refractivity (Wildman–Crippen MR) is 103 cm³/mol. The summed E-state index contributed by atoms with van der Waals surface area (Å²) in [5, 5.41) is 7.13. The van der Waals surface area contributed by atoms with Crippen LogP contribution < -0.4 is 10.2 Å². The van der Waals surface area contributed by atoms with Gasteiger partial charge in [-0.2, -0.15) is 5.10 Å². The summed E-state index contributed by atoms with van der Waals surface area (Å²) in [5.41, 5.74) is 2.13. The zero-order chi connectivity index (χ0) is 20.5. The average Bonchev–Trinajstić information content (AvgIpc) is 2.98. The molecule has 3 heterocycles. The van der Waals surface area contributed by atoms with Gasteiger partial charge in [-0.25, -0.2) is 23.4 Å². The van der Waals surface area contributed by atoms with Gasteiger partial charge in [0.05, 0.1) is 11.6 Å². The molecule has 0 unspecified atom stereocenters. The zero-order valence-electron chi connectivity index (χ0n) is 16.1. The number of hydrogen-bond acceptors (Lipinski definition) is 5. The molecule has 0 saturated carbocycles. The molecule has 0 atom stereocenters. The Labute approximate surface area is 166 Å². The number of aryl methyl sites for hydroxylation is 2. The molecular formula is C20H20F2N6O. The first-order valence-corrected chi connectivity index (χ1v) is 9.23. The Balaban J connectivity index is 1.35. The fraction of sp³-hybridized carbons (Fsp3) is 0.300. The van der Waals surface area contributed by atoms with Crippen LogP contribution in [0.2, 0.25) is 0 Å². The van der Waals surface area contributed by atoms with Crippen molar-refractivity contribution in [3.63, 3.8) is 0 Å². The SMILES string of the molecule is Cc1cc(C)n(-c2cc(N3CC(C(=O)NCc4ccc(F)cc4F)C3)ncn2)n1. The van der Waals surface area contributed by atoms with Crippen molar-refractivity contribution >= 4 is 11.7 Å². The van der Waals surface area contributed by atoms with Crippen LogP contribution in [0.1, 0.15) is 17.0 Å². The standard InChI is InChI=1S/C20H20F2N6O/c1-12-5-13(2)28(26-12)19-7-18(24-11-25-19)27-9-15(10-27)20(29)23-8-14-3-4-16(21)6-17(14)22/h3-7,11,15H,8-10H2,1-2H3,(H,23,29). The highest BCUT2D eigenvalue weighted by Gasteiger charge is 2.33. The Morgan fingerprint density at radius 1 is 1.14 bits per heavy atom. The minimum atomic E-state index is -0.668. The highest BCUT2D eigenvalue weighted by molar-refractivity contribution is 5.81. The predicted octanol–water partition coefficient (Wildman–Crippen LogP) is 2.31. The summed E-state index contributed by atoms with van der Waals surface area (Å²) < 4.78 is 28.4. The van der Waals surface area contributed by atoms with Gasteiger partial charge in [0.15, 0.2) is 5.82 Å². The number of amides is 1. The van der Waals surface area contributed by atoms with Crippen LogP contribution in [0.3, 0.4) is 0 Å². The average molecular weight is 398 g/mol. The first-order chi connectivity index (χ1) is 13.9. The molecule has 0 aliphatic carbocycles. The molecule has 150 valence electrons. The molecule has 0 spiro atoms. The largest absolute Gasteiger partial charge is 0.355 e. The smallest absolute Gasteiger partial charge is 0.226 e. The number of carbonyl (C=O) groups is 1. The van der Waals surface area contributed by atoms with Crippen LogP contribution in [0.4, 0.5) is 14.6 Å². The quantitative estimate of drug-likeness (QED) is 0.714. The van der Waals surface area contributed by atoms with Crippen molar-refractivity contribution in [2.75, 3.05) is 18.0 Å². The van der Waals surface area contributed by atoms with E-state index < -0.39 is 11.6 Å². The van der Waals surface area contributed by atoms with Gasteiger partial charge in [0.2, 0.25) is 5.91 Å². The van der Waals surface area contributed by atoms with Crippen LogP contribution in [0.5, 0.6) is 0 Å². The van der Waals surface area contributed by atoms with Crippen molar-refractivity contribution in [2.24, 2.45) is 5.92 Å². The van der Waals surface area contributed by atoms with E-state index in [9.17, 15) is 13.6 Å². The van der Waals surface area contributed by atoms with E-state index in [-0.39, 0.29) is 23.9 Å². The van der Waals surface area contributed by atoms with Crippen LogP contribution >= 0.6 is 0 Å². The van der Waals surface area contributed by atoms with Crippen molar-refractivity contribution in [3.8, 4) is 5.82 Å². The summed E-state index contributed by atoms with van der Waals surface area (Å²) in [4.78, 5) is 22.8. The summed E-state index contributed by atoms with van der Waals surface area (Å²) in [7, 11) is 0. The Morgan fingerprint density at radius 2 is 1.90 bits per heavy atom. The number of hydrogen-bond donors (Lipinski definition) is 1. The molecule has 2 aromatic heterocycles. The van der Waals surface area contributed by atoms with Gasteiger partial charge in [-0.05, 0) is 26.0 Å². The Kier molecular flexibility index (Phi) is 4.96. The number of benzene rings is 1. The third-order valence-electron chi connectivity index (χ3n) is 4.91. The summed E-state index contributed by atoms with van der Waals surface area (Å²) in [6.07, 6.45) is 1.48. The lowest BCUT2D eigenvalue weighted by Gasteiger charge is -2.39. The molecule has 1 saturated heterocycles. The minimum Gasteiger partial charge on any atom is -0.355 e. The molecular weight excluding hydrogens is 378 g/mol. The number of nitrogens with one attached hydrogen (secondary N) is 1. The van der Waals surface area contributed by atoms with Crippen LogP contribution in [-0.2, 0) is 11.3 Å². The van der Waals surface area contributed by atoms with Gasteiger partial charge in [-0.15, -0.1) is 0 Å². The second-order valence-electron chi connectivity index (χ2n) is 7.13. The monoisotopic (exact) mass is 398 g/mol. The van der Waals surface area contributed by atoms with Crippen molar-refractivity contribution < 1.29 is 13.6 Å². The molecule has 1 aliphatic rings. The van der Waals surface area contributed by atoms with E-state index in [0.717, 1.165) is 23.3 Å². The van der Waals surface area contributed by atoms with Gasteiger partial charge >= 0.3 is 0 Å². The third kappa shape index (κ3) is 3.94. The maximum absolute atomic E-state index is 13.7. The lowest BCUT2D eigenvalue weighted by Crippen LogP contribution is -2.54. The molecule has 29 heavy (non-hydrogen) atoms. The summed E-state index contributed by atoms with van der Waals surface area (Å²) in [5.74, 6) is -0.310. The molecule has 1 fully saturated rings. The number of halogens is 2. The zero-order valence-corrected chi connectivity index (χ0v) is 16.1. The lowest BCUT2D eigenvalue weighted by atomic mass is 9.99. The molecule has 1 N–H and O–H groups in total. The highest BCUT2D eigenvalue weighted by Crippen LogP contribution is 2.24. The second-order valence-corrected chi connectivity index (χ2v) is 7.13. The van der Waals surface area contributed by atoms with E-state index in [1.165, 1.54) is 18.5 Å². The molecule has 9 heteroatoms. The molecule has 3 aromatic rings. The van der Waals surface area contributed by atoms with Gasteiger partial charge < -0.3 is 10.2 Å². The van der Waals surface area contributed by atoms with E-state index in [1.54, 1.807) is 4.68 Å². The molecule has 4 rings (SSSR count). The van der Waals surface area contributed by atoms with Gasteiger partial charge in [0.1, 0.15) is 23.8 Å². The van der Waals surface area contributed by atoms with Crippen LogP contribution in [0.15, 0.2) is 36.7 Å². The van der Waals surface area contributed by atoms with E-state index >= 15 is 0 Å². The van der Waals surface area contributed by atoms with Gasteiger partial charge in [-0.1, -0.05) is 6.07 Å². The number of nitrogens with zero attached hydrogens (tertiary/aromatic N) is 5. The van der Waals surface area contributed by atoms with Crippen molar-refractivity contribution in [1.29, 1.82) is 0 Å². The topological polar surface area (TPSA) is 75.9 Å². The first kappa shape index (κ1) is 19.0. The number of anilines is 1. The summed E-state index contributed by atoms with van der Waals surface area (Å²) in [6.45, 7) is 4.91. The summed E-state index contributed by atoms with van der Waals surface area (Å²) >= 11 is 0. The number of aromatic nitrogens is 4. The van der Waals surface area contributed by atoms with E-state index in [1.807, 2.05) is 30.9 Å². The normalized spacial score (nSPS) is 14.0. The third-order valence-corrected chi connectivity index (χ3v) is 4.91. The van der Waals surface area contributed by atoms with Crippen LogP contribution in [-0.4, -0.2) is 38.7 Å². The van der Waals surface area contributed by atoms with Gasteiger partial charge in [-0.3, -0.25) is 4.79 Å². The first-order valence-electron chi connectivity index (χ1n) is 9.23. The van der Waals surface area contributed by atoms with Crippen LogP contribution in [0.25, 0.3) is 5.82 Å². The van der Waals surface area contributed by atoms with Crippen LogP contribution in [0, 0.1) is 31.4 Å². The maximum atomic E-state index is 13.7. The summed E-state index contributed by atoms with van der Waals surface area (Å²) in [6, 6.07) is 7.11. The number of carbonyl (C=O) groups excluding carboxylic acids is 1. The van der Waals surface area contributed by atoms with Gasteiger partial charge in [0, 0.05) is 43.0 Å². The number of rotatable bonds is 5. The maximum Gasteiger partial charge on any atom is 0.226 e. The fourth-order valence-electron chi connectivity index (χ4n) is 3.31. The Hall–Kier alpha value is -3.36. The fourth-order valence-corrected chi connectivity index (χ4v) is 3.31. The lowest BCUT2D eigenvalue weighted by molar-refractivity contribution is -0.125. The molecule has 1 aliphatic heterocycles. The minimum absolute atomic E-state index is 0.0248. The highest BCUT2D eigenvalue weighted by atomic mass is 19.1. The molecule has 1 aromatic carbocycles. The van der Waals surface area contributed by atoms with Crippen molar-refractivity contribution in [2.45, 2.75) is 20.4 Å².